The SMILES string of the molecule is CC(Sc1nnc(NC2CCCCC2)s1)C(=O)c1ccc2c(c1)NC(=O)CO2. The van der Waals surface area contributed by atoms with Gasteiger partial charge in [0, 0.05) is 11.6 Å². The zero-order chi connectivity index (χ0) is 19.5. The van der Waals surface area contributed by atoms with Crippen LogP contribution in [-0.2, 0) is 4.79 Å². The number of thioether (sulfide) groups is 1. The van der Waals surface area contributed by atoms with E-state index in [2.05, 4.69) is 20.8 Å². The monoisotopic (exact) mass is 418 g/mol. The number of aromatic nitrogens is 2. The number of hydrogen-bond donors (Lipinski definition) is 2. The first-order chi connectivity index (χ1) is 13.6. The van der Waals surface area contributed by atoms with Crippen molar-refractivity contribution in [3.8, 4) is 5.75 Å². The summed E-state index contributed by atoms with van der Waals surface area (Å²) in [7, 11) is 0. The number of benzene rings is 1. The van der Waals surface area contributed by atoms with Crippen LogP contribution in [0.3, 0.4) is 0 Å². The maximum atomic E-state index is 12.8. The van der Waals surface area contributed by atoms with E-state index in [4.69, 9.17) is 4.74 Å². The van der Waals surface area contributed by atoms with Crippen molar-refractivity contribution in [2.75, 3.05) is 17.2 Å². The van der Waals surface area contributed by atoms with Gasteiger partial charge in [-0.15, -0.1) is 10.2 Å². The molecular weight excluding hydrogens is 396 g/mol. The molecule has 1 saturated carbocycles. The van der Waals surface area contributed by atoms with Crippen molar-refractivity contribution < 1.29 is 14.3 Å². The second-order valence-corrected chi connectivity index (χ2v) is 9.59. The van der Waals surface area contributed by atoms with Crippen molar-refractivity contribution >= 4 is 45.6 Å². The Bertz CT molecular complexity index is 880. The summed E-state index contributed by atoms with van der Waals surface area (Å²) in [6.45, 7) is 1.86. The molecule has 1 aromatic heterocycles. The minimum atomic E-state index is -0.311. The summed E-state index contributed by atoms with van der Waals surface area (Å²) in [5, 5.41) is 15.2. The first-order valence-corrected chi connectivity index (χ1v) is 11.2. The molecule has 1 unspecified atom stereocenters. The van der Waals surface area contributed by atoms with Crippen molar-refractivity contribution in [3.05, 3.63) is 23.8 Å². The van der Waals surface area contributed by atoms with Crippen molar-refractivity contribution in [1.82, 2.24) is 10.2 Å². The summed E-state index contributed by atoms with van der Waals surface area (Å²) in [6.07, 6.45) is 6.18. The average Bonchev–Trinajstić information content (AvgIpc) is 3.14. The van der Waals surface area contributed by atoms with Crippen LogP contribution in [0.4, 0.5) is 10.8 Å². The largest absolute Gasteiger partial charge is 0.482 e. The molecular formula is C19H22N4O3S2. The summed E-state index contributed by atoms with van der Waals surface area (Å²) in [6, 6.07) is 5.59. The Balaban J connectivity index is 1.38. The summed E-state index contributed by atoms with van der Waals surface area (Å²) < 4.78 is 6.11. The van der Waals surface area contributed by atoms with Crippen molar-refractivity contribution in [2.45, 2.75) is 54.7 Å². The van der Waals surface area contributed by atoms with Gasteiger partial charge in [0.15, 0.2) is 16.7 Å². The van der Waals surface area contributed by atoms with Crippen LogP contribution in [0.1, 0.15) is 49.4 Å². The number of ketones is 1. The van der Waals surface area contributed by atoms with Crippen molar-refractivity contribution in [1.29, 1.82) is 0 Å². The molecule has 7 nitrogen and oxygen atoms in total. The highest BCUT2D eigenvalue weighted by atomic mass is 32.2. The van der Waals surface area contributed by atoms with Gasteiger partial charge in [0.1, 0.15) is 5.75 Å². The molecule has 1 atom stereocenters. The Kier molecular flexibility index (Phi) is 5.82. The molecule has 2 heterocycles. The zero-order valence-electron chi connectivity index (χ0n) is 15.6. The van der Waals surface area contributed by atoms with Gasteiger partial charge < -0.3 is 15.4 Å². The predicted octanol–water partition coefficient (Wildman–Crippen LogP) is 3.98. The number of nitrogens with one attached hydrogen (secondary N) is 2. The zero-order valence-corrected chi connectivity index (χ0v) is 17.2. The van der Waals surface area contributed by atoms with E-state index in [0.717, 1.165) is 9.47 Å². The average molecular weight is 419 g/mol. The van der Waals surface area contributed by atoms with Gasteiger partial charge in [-0.2, -0.15) is 0 Å². The summed E-state index contributed by atoms with van der Waals surface area (Å²) in [4.78, 5) is 24.3. The third kappa shape index (κ3) is 4.47. The molecule has 28 heavy (non-hydrogen) atoms. The third-order valence-electron chi connectivity index (χ3n) is 4.88. The normalized spacial score (nSPS) is 18.0. The molecule has 2 N–H and O–H groups in total. The fourth-order valence-electron chi connectivity index (χ4n) is 3.41. The summed E-state index contributed by atoms with van der Waals surface area (Å²) in [5.74, 6) is 0.343. The fourth-order valence-corrected chi connectivity index (χ4v) is 5.46. The molecule has 148 valence electrons. The van der Waals surface area contributed by atoms with E-state index in [1.165, 1.54) is 55.2 Å². The molecule has 4 rings (SSSR count). The lowest BCUT2D eigenvalue weighted by Gasteiger charge is -2.21. The summed E-state index contributed by atoms with van der Waals surface area (Å²) >= 11 is 2.90. The van der Waals surface area contributed by atoms with Crippen LogP contribution in [0.5, 0.6) is 5.75 Å². The van der Waals surface area contributed by atoms with Crippen LogP contribution in [0.2, 0.25) is 0 Å². The van der Waals surface area contributed by atoms with Gasteiger partial charge in [-0.3, -0.25) is 9.59 Å². The van der Waals surface area contributed by atoms with Gasteiger partial charge in [-0.05, 0) is 38.0 Å². The van der Waals surface area contributed by atoms with Gasteiger partial charge in [-0.25, -0.2) is 0 Å². The molecule has 0 saturated heterocycles. The fraction of sp³-hybridized carbons (Fsp3) is 0.474. The van der Waals surface area contributed by atoms with Crippen molar-refractivity contribution in [2.24, 2.45) is 0 Å². The molecule has 2 aliphatic rings. The number of amides is 1. The van der Waals surface area contributed by atoms with E-state index in [1.807, 2.05) is 6.92 Å². The Morgan fingerprint density at radius 1 is 1.32 bits per heavy atom. The quantitative estimate of drug-likeness (QED) is 0.541. The number of nitrogens with zero attached hydrogens (tertiary/aromatic N) is 2. The van der Waals surface area contributed by atoms with E-state index in [-0.39, 0.29) is 23.5 Å². The lowest BCUT2D eigenvalue weighted by Crippen LogP contribution is -2.25. The number of ether oxygens (including phenoxy) is 1. The highest BCUT2D eigenvalue weighted by Gasteiger charge is 2.23. The number of fused-ring (bicyclic) bond motifs is 1. The number of Topliss-reactive ketones (excluding diaryl/α,β-unsaturated/α-hetero) is 1. The van der Waals surface area contributed by atoms with Gasteiger partial charge in [0.05, 0.1) is 10.9 Å². The molecule has 0 bridgehead atoms. The van der Waals surface area contributed by atoms with E-state index >= 15 is 0 Å². The molecule has 0 spiro atoms. The van der Waals surface area contributed by atoms with Crippen LogP contribution in [0.25, 0.3) is 0 Å². The number of rotatable bonds is 6. The molecule has 0 radical (unpaired) electrons. The maximum Gasteiger partial charge on any atom is 0.262 e. The van der Waals surface area contributed by atoms with Crippen molar-refractivity contribution in [3.63, 3.8) is 0 Å². The molecule has 2 aromatic rings. The van der Waals surface area contributed by atoms with E-state index in [9.17, 15) is 9.59 Å². The molecule has 1 aromatic carbocycles. The van der Waals surface area contributed by atoms with Gasteiger partial charge in [-0.1, -0.05) is 42.4 Å². The lowest BCUT2D eigenvalue weighted by atomic mass is 9.96. The smallest absolute Gasteiger partial charge is 0.262 e. The van der Waals surface area contributed by atoms with Crippen LogP contribution >= 0.6 is 23.1 Å². The van der Waals surface area contributed by atoms with Gasteiger partial charge in [0.2, 0.25) is 5.13 Å². The van der Waals surface area contributed by atoms with E-state index in [0.29, 0.717) is 23.0 Å². The second-order valence-electron chi connectivity index (χ2n) is 7.02. The molecule has 1 fully saturated rings. The minimum Gasteiger partial charge on any atom is -0.482 e. The predicted molar refractivity (Wildman–Crippen MR) is 111 cm³/mol. The molecule has 1 aliphatic heterocycles. The lowest BCUT2D eigenvalue weighted by molar-refractivity contribution is -0.118. The van der Waals surface area contributed by atoms with Crippen LogP contribution in [-0.4, -0.2) is 39.8 Å². The highest BCUT2D eigenvalue weighted by molar-refractivity contribution is 8.02. The highest BCUT2D eigenvalue weighted by Crippen LogP contribution is 2.33. The topological polar surface area (TPSA) is 93.2 Å². The van der Waals surface area contributed by atoms with Crippen LogP contribution in [0.15, 0.2) is 22.5 Å². The van der Waals surface area contributed by atoms with Gasteiger partial charge in [0.25, 0.3) is 5.91 Å². The Morgan fingerprint density at radius 3 is 2.96 bits per heavy atom. The molecule has 9 heteroatoms. The third-order valence-corrected chi connectivity index (χ3v) is 6.92. The molecule has 1 aliphatic carbocycles. The number of carbonyl (C=O) groups excluding carboxylic acids is 2. The van der Waals surface area contributed by atoms with E-state index in [1.54, 1.807) is 18.2 Å². The Labute approximate surface area is 171 Å². The molecule has 1 amide bonds. The number of anilines is 2. The van der Waals surface area contributed by atoms with Crippen LogP contribution < -0.4 is 15.4 Å². The Hall–Kier alpha value is -2.13. The standard InChI is InChI=1S/C19H22N4O3S2/c1-11(17(25)12-7-8-15-14(9-12)21-16(24)10-26-15)27-19-23-22-18(28-19)20-13-5-3-2-4-6-13/h7-9,11,13H,2-6,10H2,1H3,(H,20,22)(H,21,24). The van der Waals surface area contributed by atoms with Gasteiger partial charge >= 0.3 is 0 Å². The second kappa shape index (κ2) is 8.48. The van der Waals surface area contributed by atoms with Crippen LogP contribution in [0, 0.1) is 0 Å². The van der Waals surface area contributed by atoms with E-state index < -0.39 is 0 Å². The first kappa shape index (κ1) is 19.2. The number of hydrogen-bond acceptors (Lipinski definition) is 8. The summed E-state index contributed by atoms with van der Waals surface area (Å²) in [5.41, 5.74) is 1.07. The minimum absolute atomic E-state index is 0.000814. The Morgan fingerprint density at radius 2 is 2.14 bits per heavy atom. The maximum absolute atomic E-state index is 12.8. The number of carbonyl (C=O) groups is 2. The first-order valence-electron chi connectivity index (χ1n) is 9.46.